The van der Waals surface area contributed by atoms with E-state index in [4.69, 9.17) is 0 Å². The Hall–Kier alpha value is -0.370. The molecule has 0 spiro atoms. The molecule has 0 aromatic heterocycles. The van der Waals surface area contributed by atoms with Gasteiger partial charge in [0, 0.05) is 24.0 Å². The average Bonchev–Trinajstić information content (AvgIpc) is 2.46. The Balaban J connectivity index is 0. The Morgan fingerprint density at radius 2 is 1.50 bits per heavy atom. The van der Waals surface area contributed by atoms with Gasteiger partial charge in [-0.05, 0) is 36.0 Å². The number of benzene rings is 1. The van der Waals surface area contributed by atoms with Crippen LogP contribution >= 0.6 is 0 Å². The number of hydrogen-bond acceptors (Lipinski definition) is 5. The minimum atomic E-state index is -1.29. The molecular weight excluding hydrogens is 356 g/mol. The van der Waals surface area contributed by atoms with E-state index in [1.165, 1.54) is 24.3 Å². The van der Waals surface area contributed by atoms with Crippen molar-refractivity contribution in [3.05, 3.63) is 29.8 Å². The van der Waals surface area contributed by atoms with E-state index < -0.39 is 17.9 Å². The van der Waals surface area contributed by atoms with E-state index in [9.17, 15) is 24.6 Å². The summed E-state index contributed by atoms with van der Waals surface area (Å²) in [5, 5.41) is 24.6. The third-order valence-electron chi connectivity index (χ3n) is 3.96. The summed E-state index contributed by atoms with van der Waals surface area (Å²) < 4.78 is 0. The first-order valence-corrected chi connectivity index (χ1v) is 8.02. The maximum absolute atomic E-state index is 12.1. The standard InChI is InChI=1S/C18H25NO5.2Na/c1-11(2)4-9-15(18(23)24)12(3)10-16(20)19-14-7-5-13(6-8-14)17(21)22;;/h5-8,11-12,15H,4,9-10H2,1-3H3,(H,19,20)(H,21,22)(H,23,24);;/q;2*+1/p-2. The predicted octanol–water partition coefficient (Wildman–Crippen LogP) is -5.17. The summed E-state index contributed by atoms with van der Waals surface area (Å²) in [6.07, 6.45) is 1.29. The molecule has 26 heavy (non-hydrogen) atoms. The van der Waals surface area contributed by atoms with Gasteiger partial charge in [-0.3, -0.25) is 4.79 Å². The molecule has 0 aliphatic heterocycles. The van der Waals surface area contributed by atoms with Crippen molar-refractivity contribution in [2.75, 3.05) is 5.32 Å². The van der Waals surface area contributed by atoms with Crippen LogP contribution in [0, 0.1) is 17.8 Å². The van der Waals surface area contributed by atoms with Crippen molar-refractivity contribution in [1.82, 2.24) is 0 Å². The summed E-state index contributed by atoms with van der Waals surface area (Å²) in [5.41, 5.74) is 0.469. The van der Waals surface area contributed by atoms with Crippen molar-refractivity contribution in [1.29, 1.82) is 0 Å². The monoisotopic (exact) mass is 379 g/mol. The summed E-state index contributed by atoms with van der Waals surface area (Å²) >= 11 is 0. The average molecular weight is 379 g/mol. The molecular formula is C18H23NNa2O5. The second-order valence-electron chi connectivity index (χ2n) is 6.49. The maximum Gasteiger partial charge on any atom is 1.00 e. The quantitative estimate of drug-likeness (QED) is 0.432. The van der Waals surface area contributed by atoms with E-state index in [0.717, 1.165) is 6.42 Å². The summed E-state index contributed by atoms with van der Waals surface area (Å²) in [7, 11) is 0. The number of rotatable bonds is 9. The van der Waals surface area contributed by atoms with Crippen molar-refractivity contribution < 1.29 is 83.7 Å². The smallest absolute Gasteiger partial charge is 0.550 e. The fraction of sp³-hybridized carbons (Fsp3) is 0.500. The first-order chi connectivity index (χ1) is 11.2. The van der Waals surface area contributed by atoms with Crippen LogP contribution in [0.2, 0.25) is 0 Å². The zero-order valence-corrected chi connectivity index (χ0v) is 20.2. The SMILES string of the molecule is CC(C)CCC(C(=O)[O-])C(C)CC(=O)Nc1ccc(C(=O)[O-])cc1.[Na+].[Na+]. The molecule has 0 aliphatic carbocycles. The van der Waals surface area contributed by atoms with Gasteiger partial charge >= 0.3 is 59.1 Å². The number of carboxylic acids is 2. The fourth-order valence-corrected chi connectivity index (χ4v) is 2.48. The second kappa shape index (κ2) is 13.7. The second-order valence-corrected chi connectivity index (χ2v) is 6.49. The molecule has 1 amide bonds. The Labute approximate surface area is 198 Å². The van der Waals surface area contributed by atoms with E-state index in [-0.39, 0.29) is 82.9 Å². The number of hydrogen-bond donors (Lipinski definition) is 1. The molecule has 0 saturated carbocycles. The molecule has 1 aromatic rings. The topological polar surface area (TPSA) is 109 Å². The minimum Gasteiger partial charge on any atom is -0.550 e. The predicted molar refractivity (Wildman–Crippen MR) is 85.8 cm³/mol. The van der Waals surface area contributed by atoms with Gasteiger partial charge in [-0.1, -0.05) is 39.3 Å². The third kappa shape index (κ3) is 10.1. The number of amides is 1. The molecule has 6 nitrogen and oxygen atoms in total. The van der Waals surface area contributed by atoms with Crippen molar-refractivity contribution in [2.24, 2.45) is 17.8 Å². The van der Waals surface area contributed by atoms with Crippen molar-refractivity contribution >= 4 is 23.5 Å². The Kier molecular flexibility index (Phi) is 14.7. The normalized spacial score (nSPS) is 12.3. The van der Waals surface area contributed by atoms with Crippen LogP contribution < -0.4 is 74.6 Å². The zero-order chi connectivity index (χ0) is 18.3. The molecule has 0 radical (unpaired) electrons. The third-order valence-corrected chi connectivity index (χ3v) is 3.96. The van der Waals surface area contributed by atoms with Gasteiger partial charge < -0.3 is 25.1 Å². The van der Waals surface area contributed by atoms with Gasteiger partial charge in [0.15, 0.2) is 0 Å². The van der Waals surface area contributed by atoms with Crippen LogP contribution in [-0.4, -0.2) is 17.8 Å². The van der Waals surface area contributed by atoms with Crippen molar-refractivity contribution in [3.63, 3.8) is 0 Å². The molecule has 1 N–H and O–H groups in total. The summed E-state index contributed by atoms with van der Waals surface area (Å²) in [6.45, 7) is 5.75. The number of aliphatic carboxylic acids is 1. The van der Waals surface area contributed by atoms with Gasteiger partial charge in [-0.2, -0.15) is 0 Å². The van der Waals surface area contributed by atoms with E-state index >= 15 is 0 Å². The number of nitrogens with one attached hydrogen (secondary N) is 1. The fourth-order valence-electron chi connectivity index (χ4n) is 2.48. The van der Waals surface area contributed by atoms with Gasteiger partial charge in [0.1, 0.15) is 0 Å². The molecule has 1 aromatic carbocycles. The number of anilines is 1. The molecule has 2 atom stereocenters. The summed E-state index contributed by atoms with van der Waals surface area (Å²) in [4.78, 5) is 34.0. The molecule has 2 unspecified atom stereocenters. The van der Waals surface area contributed by atoms with Crippen molar-refractivity contribution in [3.8, 4) is 0 Å². The van der Waals surface area contributed by atoms with Crippen LogP contribution in [0.25, 0.3) is 0 Å². The van der Waals surface area contributed by atoms with Gasteiger partial charge in [0.2, 0.25) is 5.91 Å². The molecule has 1 rings (SSSR count). The number of carboxylic acid groups (broad SMARTS) is 2. The van der Waals surface area contributed by atoms with Crippen LogP contribution in [-0.2, 0) is 9.59 Å². The van der Waals surface area contributed by atoms with E-state index in [2.05, 4.69) is 5.32 Å². The molecule has 0 aliphatic rings. The summed E-state index contributed by atoms with van der Waals surface area (Å²) in [6, 6.07) is 5.59. The van der Waals surface area contributed by atoms with Crippen LogP contribution in [0.15, 0.2) is 24.3 Å². The summed E-state index contributed by atoms with van der Waals surface area (Å²) in [5.74, 6) is -3.37. The maximum atomic E-state index is 12.1. The largest absolute Gasteiger partial charge is 1.00 e. The minimum absolute atomic E-state index is 0. The van der Waals surface area contributed by atoms with E-state index in [1.54, 1.807) is 6.92 Å². The molecule has 0 fully saturated rings. The molecule has 132 valence electrons. The van der Waals surface area contributed by atoms with Crippen LogP contribution in [0.3, 0.4) is 0 Å². The van der Waals surface area contributed by atoms with Crippen molar-refractivity contribution in [2.45, 2.75) is 40.0 Å². The van der Waals surface area contributed by atoms with Crippen LogP contribution in [0.1, 0.15) is 50.4 Å². The molecule has 8 heteroatoms. The van der Waals surface area contributed by atoms with Gasteiger partial charge in [-0.15, -0.1) is 0 Å². The van der Waals surface area contributed by atoms with Crippen LogP contribution in [0.5, 0.6) is 0 Å². The Bertz CT molecular complexity index is 590. The first kappa shape index (κ1) is 27.8. The van der Waals surface area contributed by atoms with Gasteiger partial charge in [0.25, 0.3) is 0 Å². The first-order valence-electron chi connectivity index (χ1n) is 8.02. The zero-order valence-electron chi connectivity index (χ0n) is 16.2. The number of carbonyl (C=O) groups excluding carboxylic acids is 3. The molecule has 0 saturated heterocycles. The van der Waals surface area contributed by atoms with Gasteiger partial charge in [-0.25, -0.2) is 0 Å². The number of carbonyl (C=O) groups is 3. The Morgan fingerprint density at radius 3 is 1.92 bits per heavy atom. The van der Waals surface area contributed by atoms with E-state index in [0.29, 0.717) is 18.0 Å². The van der Waals surface area contributed by atoms with E-state index in [1.807, 2.05) is 13.8 Å². The Morgan fingerprint density at radius 1 is 0.962 bits per heavy atom. The van der Waals surface area contributed by atoms with Crippen LogP contribution in [0.4, 0.5) is 5.69 Å². The molecule has 0 bridgehead atoms. The van der Waals surface area contributed by atoms with Gasteiger partial charge in [0.05, 0.1) is 5.97 Å². The number of aromatic carboxylic acids is 1. The molecule has 0 heterocycles.